The molecular formula is C18H25NO. The number of benzene rings is 1. The smallest absolute Gasteiger partial charge is 0.119 e. The Bertz CT molecular complexity index is 661. The molecule has 0 radical (unpaired) electrons. The van der Waals surface area contributed by atoms with E-state index in [0.717, 1.165) is 32.2 Å². The van der Waals surface area contributed by atoms with Gasteiger partial charge in [0.1, 0.15) is 5.75 Å². The van der Waals surface area contributed by atoms with Crippen molar-refractivity contribution in [1.82, 2.24) is 4.90 Å². The molecule has 0 spiro atoms. The lowest BCUT2D eigenvalue weighted by Crippen LogP contribution is -2.59. The maximum Gasteiger partial charge on any atom is 0.119 e. The highest BCUT2D eigenvalue weighted by molar-refractivity contribution is 5.45. The van der Waals surface area contributed by atoms with Crippen LogP contribution in [0.5, 0.6) is 5.75 Å². The summed E-state index contributed by atoms with van der Waals surface area (Å²) in [6, 6.07) is 5.98. The van der Waals surface area contributed by atoms with Crippen molar-refractivity contribution in [1.29, 1.82) is 0 Å². The van der Waals surface area contributed by atoms with Crippen LogP contribution in [-0.4, -0.2) is 31.5 Å². The number of hydrogen-bond donors (Lipinski definition) is 0. The number of ether oxygens (including phenoxy) is 1. The zero-order valence-electron chi connectivity index (χ0n) is 16.8. The summed E-state index contributed by atoms with van der Waals surface area (Å²) in [7, 11) is -2.43. The zero-order valence-corrected chi connectivity index (χ0v) is 11.8. The minimum Gasteiger partial charge on any atom is -0.497 e. The molecule has 1 unspecified atom stereocenters. The third kappa shape index (κ3) is 1.60. The minimum absolute atomic E-state index is 0.0655. The second kappa shape index (κ2) is 4.49. The van der Waals surface area contributed by atoms with E-state index in [4.69, 9.17) is 11.6 Å². The van der Waals surface area contributed by atoms with Gasteiger partial charge in [-0.15, -0.1) is 0 Å². The number of hydrogen-bond acceptors (Lipinski definition) is 2. The van der Waals surface area contributed by atoms with E-state index in [2.05, 4.69) is 0 Å². The van der Waals surface area contributed by atoms with Crippen molar-refractivity contribution in [2.45, 2.75) is 50.0 Å². The van der Waals surface area contributed by atoms with Gasteiger partial charge in [0.05, 0.1) is 11.2 Å². The molecule has 0 aromatic heterocycles. The molecule has 1 saturated carbocycles. The first-order chi connectivity index (χ1) is 11.8. The number of methoxy groups -OCH3 is 1. The molecule has 2 heteroatoms. The Kier molecular flexibility index (Phi) is 1.89. The van der Waals surface area contributed by atoms with Crippen LogP contribution in [0.3, 0.4) is 0 Å². The van der Waals surface area contributed by atoms with Gasteiger partial charge in [-0.25, -0.2) is 0 Å². The average molecular weight is 276 g/mol. The van der Waals surface area contributed by atoms with Crippen molar-refractivity contribution in [2.75, 3.05) is 20.6 Å². The molecule has 3 atom stereocenters. The Balaban J connectivity index is 1.77. The summed E-state index contributed by atoms with van der Waals surface area (Å²) in [5.74, 6) is 0.890. The van der Waals surface area contributed by atoms with E-state index < -0.39 is 14.0 Å². The maximum atomic E-state index is 7.93. The van der Waals surface area contributed by atoms with E-state index in [-0.39, 0.29) is 11.5 Å². The molecule has 4 rings (SSSR count). The topological polar surface area (TPSA) is 12.5 Å². The lowest BCUT2D eigenvalue weighted by atomic mass is 9.52. The molecule has 1 aromatic rings. The van der Waals surface area contributed by atoms with Crippen molar-refractivity contribution in [3.63, 3.8) is 0 Å². The summed E-state index contributed by atoms with van der Waals surface area (Å²) in [6.45, 7) is -0.132. The van der Waals surface area contributed by atoms with Gasteiger partial charge in [0.15, 0.2) is 0 Å². The standard InChI is InChI=1S/C18H25NO/c1-19-10-9-18-8-4-3-5-15(18)17(19)11-13-6-7-14(20-2)12-16(13)18/h6-7,12,15,17H,3-5,8-11H2,1-2H3/t15?,17-,18-/m0/s1/i1D2,2D3. The summed E-state index contributed by atoms with van der Waals surface area (Å²) < 4.78 is 43.1. The fraction of sp³-hybridized carbons (Fsp3) is 0.667. The highest BCUT2D eigenvalue weighted by Gasteiger charge is 2.53. The summed E-state index contributed by atoms with van der Waals surface area (Å²) >= 11 is 0. The Morgan fingerprint density at radius 1 is 1.35 bits per heavy atom. The molecule has 2 fully saturated rings. The van der Waals surface area contributed by atoms with Gasteiger partial charge in [0.2, 0.25) is 0 Å². The van der Waals surface area contributed by atoms with Gasteiger partial charge in [-0.1, -0.05) is 18.9 Å². The van der Waals surface area contributed by atoms with E-state index in [1.165, 1.54) is 24.0 Å². The van der Waals surface area contributed by atoms with Crippen molar-refractivity contribution >= 4 is 0 Å². The fourth-order valence-corrected chi connectivity index (χ4v) is 5.08. The van der Waals surface area contributed by atoms with E-state index in [1.807, 2.05) is 17.0 Å². The molecule has 0 N–H and O–H groups in total. The van der Waals surface area contributed by atoms with Crippen LogP contribution in [-0.2, 0) is 11.8 Å². The predicted molar refractivity (Wildman–Crippen MR) is 81.4 cm³/mol. The van der Waals surface area contributed by atoms with Crippen LogP contribution in [0.1, 0.15) is 50.1 Å². The van der Waals surface area contributed by atoms with Crippen LogP contribution in [0.25, 0.3) is 0 Å². The van der Waals surface area contributed by atoms with Gasteiger partial charge in [-0.05, 0) is 68.4 Å². The lowest BCUT2D eigenvalue weighted by molar-refractivity contribution is 0.00274. The Morgan fingerprint density at radius 3 is 3.25 bits per heavy atom. The van der Waals surface area contributed by atoms with Gasteiger partial charge in [-0.3, -0.25) is 0 Å². The average Bonchev–Trinajstić information content (AvgIpc) is 2.54. The van der Waals surface area contributed by atoms with E-state index in [9.17, 15) is 0 Å². The van der Waals surface area contributed by atoms with Crippen molar-refractivity contribution in [2.24, 2.45) is 5.92 Å². The van der Waals surface area contributed by atoms with Gasteiger partial charge in [-0.2, -0.15) is 0 Å². The second-order valence-corrected chi connectivity index (χ2v) is 6.69. The van der Waals surface area contributed by atoms with Crippen LogP contribution in [0.2, 0.25) is 0 Å². The minimum atomic E-state index is -2.43. The third-order valence-electron chi connectivity index (χ3n) is 5.97. The first-order valence-electron chi connectivity index (χ1n) is 10.4. The molecule has 2 aliphatic carbocycles. The molecular weight excluding hydrogens is 246 g/mol. The van der Waals surface area contributed by atoms with Crippen molar-refractivity contribution in [3.8, 4) is 5.75 Å². The zero-order chi connectivity index (χ0) is 17.8. The SMILES string of the molecule is [2H]C([2H])N1CC[C@@]23CCCCC2[C@@H]1Cc1ccc(OC([2H])([2H])[2H])cc13. The summed E-state index contributed by atoms with van der Waals surface area (Å²) in [6.07, 6.45) is 6.46. The van der Waals surface area contributed by atoms with Crippen LogP contribution in [0.15, 0.2) is 18.2 Å². The first kappa shape index (κ1) is 8.43. The normalized spacial score (nSPS) is 40.5. The van der Waals surface area contributed by atoms with E-state index in [1.54, 1.807) is 6.07 Å². The fourth-order valence-electron chi connectivity index (χ4n) is 5.08. The van der Waals surface area contributed by atoms with Gasteiger partial charge >= 0.3 is 0 Å². The summed E-state index contributed by atoms with van der Waals surface area (Å²) in [5, 5.41) is 0. The Morgan fingerprint density at radius 2 is 2.35 bits per heavy atom. The molecule has 1 aliphatic heterocycles. The number of fused-ring (bicyclic) bond motifs is 1. The highest BCUT2D eigenvalue weighted by atomic mass is 16.5. The number of likely N-dealkylation sites (N-methyl/N-ethyl adjacent to an activating group) is 1. The molecule has 3 aliphatic rings. The summed E-state index contributed by atoms with van der Waals surface area (Å²) in [5.41, 5.74) is 2.57. The van der Waals surface area contributed by atoms with Crippen LogP contribution in [0, 0.1) is 5.92 Å². The first-order valence-corrected chi connectivity index (χ1v) is 7.73. The number of likely N-dealkylation sites (tertiary alicyclic amines) is 1. The molecule has 1 aromatic carbocycles. The summed E-state index contributed by atoms with van der Waals surface area (Å²) in [4.78, 5) is 2.05. The molecule has 1 saturated heterocycles. The monoisotopic (exact) mass is 276 g/mol. The second-order valence-electron chi connectivity index (χ2n) is 6.69. The van der Waals surface area contributed by atoms with Crippen molar-refractivity contribution < 1.29 is 11.6 Å². The Labute approximate surface area is 129 Å². The lowest BCUT2D eigenvalue weighted by Gasteiger charge is -2.58. The largest absolute Gasteiger partial charge is 0.497 e. The van der Waals surface area contributed by atoms with Crippen LogP contribution in [0.4, 0.5) is 0 Å². The van der Waals surface area contributed by atoms with Crippen LogP contribution >= 0.6 is 0 Å². The molecule has 0 amide bonds. The quantitative estimate of drug-likeness (QED) is 0.779. The number of nitrogens with zero attached hydrogens (tertiary/aromatic N) is 1. The van der Waals surface area contributed by atoms with Gasteiger partial charge in [0.25, 0.3) is 0 Å². The molecule has 20 heavy (non-hydrogen) atoms. The molecule has 2 nitrogen and oxygen atoms in total. The van der Waals surface area contributed by atoms with Crippen LogP contribution < -0.4 is 4.74 Å². The van der Waals surface area contributed by atoms with Gasteiger partial charge in [0, 0.05) is 14.2 Å². The van der Waals surface area contributed by atoms with Gasteiger partial charge < -0.3 is 9.64 Å². The highest BCUT2D eigenvalue weighted by Crippen LogP contribution is 2.55. The molecule has 1 heterocycles. The predicted octanol–water partition coefficient (Wildman–Crippen LogP) is 3.38. The number of rotatable bonds is 1. The van der Waals surface area contributed by atoms with E-state index >= 15 is 0 Å². The number of piperidine rings is 1. The third-order valence-corrected chi connectivity index (χ3v) is 5.97. The maximum absolute atomic E-state index is 7.93. The van der Waals surface area contributed by atoms with Crippen molar-refractivity contribution in [3.05, 3.63) is 29.3 Å². The molecule has 108 valence electrons. The van der Waals surface area contributed by atoms with E-state index in [0.29, 0.717) is 11.7 Å². The Hall–Kier alpha value is -1.02. The molecule has 2 bridgehead atoms.